The van der Waals surface area contributed by atoms with Crippen molar-refractivity contribution >= 4 is 11.6 Å². The van der Waals surface area contributed by atoms with E-state index in [1.807, 2.05) is 36.7 Å². The summed E-state index contributed by atoms with van der Waals surface area (Å²) in [5.41, 5.74) is 1.17. The number of hydrogen-bond acceptors (Lipinski definition) is 2. The summed E-state index contributed by atoms with van der Waals surface area (Å²) in [5, 5.41) is 4.01. The molecule has 0 spiro atoms. The molecule has 0 radical (unpaired) electrons. The fourth-order valence-corrected chi connectivity index (χ4v) is 1.98. The van der Waals surface area contributed by atoms with E-state index in [4.69, 9.17) is 11.6 Å². The van der Waals surface area contributed by atoms with E-state index in [9.17, 15) is 0 Å². The molecule has 2 aromatic rings. The zero-order chi connectivity index (χ0) is 12.8. The summed E-state index contributed by atoms with van der Waals surface area (Å²) >= 11 is 5.98. The molecule has 4 heteroatoms. The van der Waals surface area contributed by atoms with Gasteiger partial charge in [-0.15, -0.1) is 6.58 Å². The van der Waals surface area contributed by atoms with Crippen LogP contribution in [-0.4, -0.2) is 16.1 Å². The van der Waals surface area contributed by atoms with Gasteiger partial charge in [-0.1, -0.05) is 29.8 Å². The van der Waals surface area contributed by atoms with E-state index >= 15 is 0 Å². The normalized spacial score (nSPS) is 10.5. The predicted molar refractivity (Wildman–Crippen MR) is 74.7 cm³/mol. The van der Waals surface area contributed by atoms with Crippen molar-refractivity contribution in [3.8, 4) is 0 Å². The first-order chi connectivity index (χ1) is 8.79. The lowest BCUT2D eigenvalue weighted by atomic mass is 10.2. The number of halogens is 1. The van der Waals surface area contributed by atoms with Crippen molar-refractivity contribution < 1.29 is 0 Å². The van der Waals surface area contributed by atoms with Crippen molar-refractivity contribution in [2.75, 3.05) is 6.54 Å². The van der Waals surface area contributed by atoms with E-state index in [1.165, 1.54) is 5.56 Å². The van der Waals surface area contributed by atoms with Gasteiger partial charge in [-0.2, -0.15) is 0 Å². The van der Waals surface area contributed by atoms with Crippen LogP contribution in [0.5, 0.6) is 0 Å². The highest BCUT2D eigenvalue weighted by Crippen LogP contribution is 2.12. The second-order valence-corrected chi connectivity index (χ2v) is 4.46. The zero-order valence-corrected chi connectivity index (χ0v) is 10.9. The highest BCUT2D eigenvalue weighted by atomic mass is 35.5. The van der Waals surface area contributed by atoms with Crippen LogP contribution in [0.2, 0.25) is 5.02 Å². The van der Waals surface area contributed by atoms with Crippen molar-refractivity contribution in [2.45, 2.75) is 13.1 Å². The minimum atomic E-state index is 0.736. The average Bonchev–Trinajstić information content (AvgIpc) is 2.77. The van der Waals surface area contributed by atoms with Crippen LogP contribution in [0.1, 0.15) is 11.4 Å². The van der Waals surface area contributed by atoms with Gasteiger partial charge >= 0.3 is 0 Å². The lowest BCUT2D eigenvalue weighted by molar-refractivity contribution is 0.653. The highest BCUT2D eigenvalue weighted by Gasteiger charge is 2.03. The highest BCUT2D eigenvalue weighted by molar-refractivity contribution is 6.30. The first-order valence-electron chi connectivity index (χ1n) is 5.85. The van der Waals surface area contributed by atoms with E-state index in [-0.39, 0.29) is 0 Å². The molecule has 1 aromatic carbocycles. The molecule has 1 N–H and O–H groups in total. The molecule has 0 aliphatic heterocycles. The van der Waals surface area contributed by atoms with Gasteiger partial charge in [-0.3, -0.25) is 0 Å². The molecule has 2 rings (SSSR count). The lowest BCUT2D eigenvalue weighted by Crippen LogP contribution is -2.17. The fourth-order valence-electron chi connectivity index (χ4n) is 1.77. The summed E-state index contributed by atoms with van der Waals surface area (Å²) in [6.45, 7) is 5.98. The van der Waals surface area contributed by atoms with Crippen LogP contribution in [-0.2, 0) is 13.1 Å². The van der Waals surface area contributed by atoms with Crippen molar-refractivity contribution in [3.63, 3.8) is 0 Å². The van der Waals surface area contributed by atoms with Gasteiger partial charge in [0.05, 0.1) is 6.54 Å². The van der Waals surface area contributed by atoms with E-state index in [2.05, 4.69) is 27.5 Å². The molecule has 3 nitrogen and oxygen atoms in total. The van der Waals surface area contributed by atoms with E-state index in [1.54, 1.807) is 0 Å². The van der Waals surface area contributed by atoms with Crippen molar-refractivity contribution in [1.29, 1.82) is 0 Å². The van der Waals surface area contributed by atoms with Gasteiger partial charge in [-0.25, -0.2) is 4.98 Å². The molecule has 0 aliphatic rings. The van der Waals surface area contributed by atoms with Gasteiger partial charge in [0.25, 0.3) is 0 Å². The van der Waals surface area contributed by atoms with Crippen LogP contribution in [0.3, 0.4) is 0 Å². The number of benzene rings is 1. The van der Waals surface area contributed by atoms with Gasteiger partial charge in [0.2, 0.25) is 0 Å². The predicted octanol–water partition coefficient (Wildman–Crippen LogP) is 2.86. The summed E-state index contributed by atoms with van der Waals surface area (Å²) in [6.07, 6.45) is 5.63. The van der Waals surface area contributed by atoms with E-state index < -0.39 is 0 Å². The Morgan fingerprint density at radius 1 is 1.44 bits per heavy atom. The van der Waals surface area contributed by atoms with Crippen LogP contribution in [0, 0.1) is 0 Å². The largest absolute Gasteiger partial charge is 0.329 e. The van der Waals surface area contributed by atoms with Crippen LogP contribution in [0.25, 0.3) is 0 Å². The van der Waals surface area contributed by atoms with Crippen LogP contribution < -0.4 is 5.32 Å². The monoisotopic (exact) mass is 261 g/mol. The summed E-state index contributed by atoms with van der Waals surface area (Å²) in [5.74, 6) is 1.01. The average molecular weight is 262 g/mol. The van der Waals surface area contributed by atoms with Crippen LogP contribution >= 0.6 is 11.6 Å². The third kappa shape index (κ3) is 3.45. The molecule has 0 atom stereocenters. The van der Waals surface area contributed by atoms with Crippen molar-refractivity contribution in [2.24, 2.45) is 0 Å². The zero-order valence-electron chi connectivity index (χ0n) is 10.1. The third-order valence-corrected chi connectivity index (χ3v) is 2.85. The standard InChI is InChI=1S/C14H16ClN3/c1-2-6-16-10-14-17-7-8-18(14)11-12-4-3-5-13(15)9-12/h2-5,7-9,16H,1,6,10-11H2. The van der Waals surface area contributed by atoms with Gasteiger partial charge in [0, 0.05) is 30.5 Å². The maximum atomic E-state index is 5.98. The smallest absolute Gasteiger partial charge is 0.122 e. The molecule has 18 heavy (non-hydrogen) atoms. The molecule has 0 fully saturated rings. The Kier molecular flexibility index (Phi) is 4.56. The molecule has 0 unspecified atom stereocenters. The minimum Gasteiger partial charge on any atom is -0.329 e. The maximum Gasteiger partial charge on any atom is 0.122 e. The second-order valence-electron chi connectivity index (χ2n) is 4.02. The molecule has 0 amide bonds. The van der Waals surface area contributed by atoms with Gasteiger partial charge in [-0.05, 0) is 17.7 Å². The Bertz CT molecular complexity index is 519. The molecular formula is C14H16ClN3. The summed E-state index contributed by atoms with van der Waals surface area (Å²) < 4.78 is 2.11. The Labute approximate surface area is 112 Å². The van der Waals surface area contributed by atoms with Gasteiger partial charge in [0.1, 0.15) is 5.82 Å². The molecule has 94 valence electrons. The van der Waals surface area contributed by atoms with Crippen LogP contribution in [0.4, 0.5) is 0 Å². The number of nitrogens with zero attached hydrogens (tertiary/aromatic N) is 2. The molecule has 0 saturated carbocycles. The number of aromatic nitrogens is 2. The Balaban J connectivity index is 2.05. The molecule has 0 aliphatic carbocycles. The van der Waals surface area contributed by atoms with Gasteiger partial charge in [0.15, 0.2) is 0 Å². The Hall–Kier alpha value is -1.58. The topological polar surface area (TPSA) is 29.9 Å². The molecule has 1 aromatic heterocycles. The number of imidazole rings is 1. The number of rotatable bonds is 6. The summed E-state index contributed by atoms with van der Waals surface area (Å²) in [6, 6.07) is 7.88. The lowest BCUT2D eigenvalue weighted by Gasteiger charge is -2.08. The van der Waals surface area contributed by atoms with Crippen LogP contribution in [0.15, 0.2) is 49.3 Å². The molecule has 0 bridgehead atoms. The van der Waals surface area contributed by atoms with Crippen molar-refractivity contribution in [1.82, 2.24) is 14.9 Å². The van der Waals surface area contributed by atoms with Gasteiger partial charge < -0.3 is 9.88 Å². The van der Waals surface area contributed by atoms with E-state index in [0.29, 0.717) is 0 Å². The molecule has 0 saturated heterocycles. The SMILES string of the molecule is C=CCNCc1nccn1Cc1cccc(Cl)c1. The molecular weight excluding hydrogens is 246 g/mol. The maximum absolute atomic E-state index is 5.98. The third-order valence-electron chi connectivity index (χ3n) is 2.62. The Morgan fingerprint density at radius 3 is 3.11 bits per heavy atom. The molecule has 1 heterocycles. The van der Waals surface area contributed by atoms with Crippen molar-refractivity contribution in [3.05, 3.63) is 65.7 Å². The first-order valence-corrected chi connectivity index (χ1v) is 6.23. The quantitative estimate of drug-likeness (QED) is 0.640. The number of nitrogens with one attached hydrogen (secondary N) is 1. The summed E-state index contributed by atoms with van der Waals surface area (Å²) in [7, 11) is 0. The number of hydrogen-bond donors (Lipinski definition) is 1. The summed E-state index contributed by atoms with van der Waals surface area (Å²) in [4.78, 5) is 4.34. The first kappa shape index (κ1) is 12.9. The van der Waals surface area contributed by atoms with E-state index in [0.717, 1.165) is 30.5 Å². The fraction of sp³-hybridized carbons (Fsp3) is 0.214. The second kappa shape index (κ2) is 6.38. The Morgan fingerprint density at radius 2 is 2.33 bits per heavy atom. The minimum absolute atomic E-state index is 0.736.